The number of hydrogen-bond acceptors (Lipinski definition) is 7. The third-order valence-electron chi connectivity index (χ3n) is 4.22. The van der Waals surface area contributed by atoms with E-state index in [1.54, 1.807) is 20.8 Å². The molecule has 1 aromatic heterocycles. The van der Waals surface area contributed by atoms with Crippen molar-refractivity contribution in [2.75, 3.05) is 11.9 Å². The number of ether oxygens (including phenoxy) is 2. The number of rotatable bonds is 7. The average molecular weight is 437 g/mol. The lowest BCUT2D eigenvalue weighted by Crippen LogP contribution is -2.30. The van der Waals surface area contributed by atoms with E-state index in [2.05, 4.69) is 10.3 Å². The predicted octanol–water partition coefficient (Wildman–Crippen LogP) is 1.64. The summed E-state index contributed by atoms with van der Waals surface area (Å²) in [7, 11) is -3.84. The molecule has 1 aromatic carbocycles. The molecule has 1 unspecified atom stereocenters. The van der Waals surface area contributed by atoms with Crippen LogP contribution in [0.25, 0.3) is 0 Å². The summed E-state index contributed by atoms with van der Waals surface area (Å²) in [5.74, 6) is -1.99. The molecule has 0 saturated carbocycles. The van der Waals surface area contributed by atoms with Crippen molar-refractivity contribution in [3.63, 3.8) is 0 Å². The Balaban J connectivity index is 2.08. The van der Waals surface area contributed by atoms with E-state index in [-0.39, 0.29) is 22.8 Å². The predicted molar refractivity (Wildman–Crippen MR) is 108 cm³/mol. The highest BCUT2D eigenvalue weighted by atomic mass is 32.2. The molecule has 0 aliphatic carbocycles. The van der Waals surface area contributed by atoms with Crippen LogP contribution in [0.5, 0.6) is 0 Å². The van der Waals surface area contributed by atoms with Gasteiger partial charge in [-0.1, -0.05) is 0 Å². The molecule has 30 heavy (non-hydrogen) atoms. The number of esters is 2. The highest BCUT2D eigenvalue weighted by Crippen LogP contribution is 2.20. The van der Waals surface area contributed by atoms with Crippen LogP contribution in [0.4, 0.5) is 5.69 Å². The smallest absolute Gasteiger partial charge is 0.355 e. The third kappa shape index (κ3) is 5.24. The maximum absolute atomic E-state index is 12.5. The molecule has 162 valence electrons. The first-order chi connectivity index (χ1) is 14.0. The first-order valence-electron chi connectivity index (χ1n) is 8.96. The molecule has 1 amide bonds. The van der Waals surface area contributed by atoms with E-state index in [1.165, 1.54) is 31.2 Å². The Labute approximate surface area is 173 Å². The SMILES string of the molecule is CCOC(=O)c1c(C)[nH]c(C(=O)OC(C)C(=O)Nc2ccc(S(N)(=O)=O)cc2)c1C. The molecule has 2 aromatic rings. The number of primary sulfonamides is 1. The summed E-state index contributed by atoms with van der Waals surface area (Å²) in [6.07, 6.45) is -1.16. The summed E-state index contributed by atoms with van der Waals surface area (Å²) in [4.78, 5) is 39.5. The molecule has 11 heteroatoms. The van der Waals surface area contributed by atoms with Gasteiger partial charge in [-0.3, -0.25) is 4.79 Å². The number of sulfonamides is 1. The van der Waals surface area contributed by atoms with E-state index >= 15 is 0 Å². The number of benzene rings is 1. The van der Waals surface area contributed by atoms with Gasteiger partial charge in [-0.25, -0.2) is 23.1 Å². The molecule has 1 atom stereocenters. The van der Waals surface area contributed by atoms with Crippen molar-refractivity contribution in [3.8, 4) is 0 Å². The van der Waals surface area contributed by atoms with Gasteiger partial charge in [0.2, 0.25) is 10.0 Å². The molecule has 0 aliphatic rings. The molecule has 0 bridgehead atoms. The second kappa shape index (κ2) is 9.09. The summed E-state index contributed by atoms with van der Waals surface area (Å²) in [5, 5.41) is 7.53. The molecule has 1 heterocycles. The quantitative estimate of drug-likeness (QED) is 0.555. The molecular weight excluding hydrogens is 414 g/mol. The minimum atomic E-state index is -3.84. The normalized spacial score (nSPS) is 12.2. The van der Waals surface area contributed by atoms with Crippen LogP contribution in [-0.4, -0.2) is 44.0 Å². The summed E-state index contributed by atoms with van der Waals surface area (Å²) in [6, 6.07) is 5.19. The van der Waals surface area contributed by atoms with Crippen molar-refractivity contribution in [1.29, 1.82) is 0 Å². The minimum absolute atomic E-state index is 0.0488. The van der Waals surface area contributed by atoms with Crippen LogP contribution in [0.15, 0.2) is 29.2 Å². The van der Waals surface area contributed by atoms with Gasteiger partial charge in [-0.05, 0) is 57.5 Å². The topological polar surface area (TPSA) is 158 Å². The molecule has 10 nitrogen and oxygen atoms in total. The number of nitrogens with two attached hydrogens (primary N) is 1. The monoisotopic (exact) mass is 437 g/mol. The molecule has 2 rings (SSSR count). The second-order valence-corrected chi connectivity index (χ2v) is 8.01. The standard InChI is InChI=1S/C19H23N3O7S/c1-5-28-18(24)15-10(2)16(21-11(15)3)19(25)29-12(4)17(23)22-13-6-8-14(9-7-13)30(20,26)27/h6-9,12,21H,5H2,1-4H3,(H,22,23)(H2,20,26,27). The van der Waals surface area contributed by atoms with Crippen LogP contribution in [0, 0.1) is 13.8 Å². The van der Waals surface area contributed by atoms with Crippen LogP contribution >= 0.6 is 0 Å². The van der Waals surface area contributed by atoms with Gasteiger partial charge in [0.15, 0.2) is 6.10 Å². The second-order valence-electron chi connectivity index (χ2n) is 6.45. The van der Waals surface area contributed by atoms with Crippen molar-refractivity contribution < 1.29 is 32.3 Å². The Bertz CT molecular complexity index is 1070. The molecule has 0 saturated heterocycles. The van der Waals surface area contributed by atoms with E-state index in [1.807, 2.05) is 0 Å². The highest BCUT2D eigenvalue weighted by molar-refractivity contribution is 7.89. The number of aryl methyl sites for hydroxylation is 1. The number of aromatic nitrogens is 1. The number of amides is 1. The Morgan fingerprint density at radius 1 is 1.13 bits per heavy atom. The zero-order valence-electron chi connectivity index (χ0n) is 16.9. The number of aromatic amines is 1. The number of carbonyl (C=O) groups is 3. The van der Waals surface area contributed by atoms with Crippen molar-refractivity contribution in [2.45, 2.75) is 38.7 Å². The van der Waals surface area contributed by atoms with Crippen molar-refractivity contribution >= 4 is 33.6 Å². The third-order valence-corrected chi connectivity index (χ3v) is 5.15. The van der Waals surface area contributed by atoms with Gasteiger partial charge in [-0.15, -0.1) is 0 Å². The minimum Gasteiger partial charge on any atom is -0.462 e. The van der Waals surface area contributed by atoms with E-state index < -0.39 is 34.0 Å². The molecule has 4 N–H and O–H groups in total. The molecular formula is C19H23N3O7S. The van der Waals surface area contributed by atoms with E-state index in [0.717, 1.165) is 0 Å². The van der Waals surface area contributed by atoms with Crippen LogP contribution < -0.4 is 10.5 Å². The Kier molecular flexibility index (Phi) is 7.00. The van der Waals surface area contributed by atoms with Gasteiger partial charge in [-0.2, -0.15) is 0 Å². The fourth-order valence-corrected chi connectivity index (χ4v) is 3.22. The van der Waals surface area contributed by atoms with Crippen LogP contribution in [0.1, 0.15) is 46.0 Å². The van der Waals surface area contributed by atoms with E-state index in [4.69, 9.17) is 14.6 Å². The summed E-state index contributed by atoms with van der Waals surface area (Å²) in [5.41, 5.74) is 1.41. The average Bonchev–Trinajstić information content (AvgIpc) is 2.96. The van der Waals surface area contributed by atoms with Gasteiger partial charge in [0.25, 0.3) is 5.91 Å². The number of H-pyrrole nitrogens is 1. The lowest BCUT2D eigenvalue weighted by Gasteiger charge is -2.13. The Morgan fingerprint density at radius 2 is 1.73 bits per heavy atom. The number of carbonyl (C=O) groups excluding carboxylic acids is 3. The van der Waals surface area contributed by atoms with Crippen LogP contribution in [0.3, 0.4) is 0 Å². The fraction of sp³-hybridized carbons (Fsp3) is 0.316. The zero-order valence-corrected chi connectivity index (χ0v) is 17.8. The number of nitrogens with one attached hydrogen (secondary N) is 2. The molecule has 0 aliphatic heterocycles. The summed E-state index contributed by atoms with van der Waals surface area (Å²) in [6.45, 7) is 6.44. The lowest BCUT2D eigenvalue weighted by molar-refractivity contribution is -0.123. The number of anilines is 1. The maximum Gasteiger partial charge on any atom is 0.355 e. The van der Waals surface area contributed by atoms with Gasteiger partial charge >= 0.3 is 11.9 Å². The van der Waals surface area contributed by atoms with Gasteiger partial charge in [0.05, 0.1) is 17.1 Å². The van der Waals surface area contributed by atoms with Gasteiger partial charge in [0.1, 0.15) is 5.69 Å². The fourth-order valence-electron chi connectivity index (χ4n) is 2.71. The van der Waals surface area contributed by atoms with Crippen molar-refractivity contribution in [2.24, 2.45) is 5.14 Å². The number of hydrogen-bond donors (Lipinski definition) is 3. The Morgan fingerprint density at radius 3 is 2.27 bits per heavy atom. The van der Waals surface area contributed by atoms with Crippen LogP contribution in [-0.2, 0) is 24.3 Å². The first-order valence-corrected chi connectivity index (χ1v) is 10.5. The first kappa shape index (κ1) is 23.1. The van der Waals surface area contributed by atoms with Gasteiger partial charge in [0, 0.05) is 11.4 Å². The molecule has 0 spiro atoms. The summed E-state index contributed by atoms with van der Waals surface area (Å²) >= 11 is 0. The summed E-state index contributed by atoms with van der Waals surface area (Å²) < 4.78 is 32.7. The Hall–Kier alpha value is -3.18. The maximum atomic E-state index is 12.5. The largest absolute Gasteiger partial charge is 0.462 e. The van der Waals surface area contributed by atoms with Crippen molar-refractivity contribution in [1.82, 2.24) is 4.98 Å². The van der Waals surface area contributed by atoms with E-state index in [0.29, 0.717) is 16.9 Å². The zero-order chi connectivity index (χ0) is 22.6. The molecule has 0 radical (unpaired) electrons. The molecule has 0 fully saturated rings. The van der Waals surface area contributed by atoms with Crippen LogP contribution in [0.2, 0.25) is 0 Å². The van der Waals surface area contributed by atoms with E-state index in [9.17, 15) is 22.8 Å². The van der Waals surface area contributed by atoms with Gasteiger partial charge < -0.3 is 19.8 Å². The van der Waals surface area contributed by atoms with Crippen molar-refractivity contribution in [3.05, 3.63) is 46.8 Å². The lowest BCUT2D eigenvalue weighted by atomic mass is 10.1. The highest BCUT2D eigenvalue weighted by Gasteiger charge is 2.26.